The predicted octanol–water partition coefficient (Wildman–Crippen LogP) is 6.58. The van der Waals surface area contributed by atoms with Crippen molar-refractivity contribution in [3.8, 4) is 0 Å². The topological polar surface area (TPSA) is 18.5 Å². The van der Waals surface area contributed by atoms with Crippen LogP contribution >= 0.6 is 0 Å². The Balaban J connectivity index is 4.19. The highest BCUT2D eigenvalue weighted by Gasteiger charge is 2.30. The molecule has 0 aliphatic heterocycles. The van der Waals surface area contributed by atoms with Crippen molar-refractivity contribution in [3.63, 3.8) is 0 Å². The van der Waals surface area contributed by atoms with E-state index in [1.54, 1.807) is 0 Å². The standard InChI is InChI=1S/C20H42O2/c1-7-9-10-11-12-13-14-15-20(8-2,21-16-18(3)4)22-17-19(5)6/h18-19H,7-17H2,1-6H3. The van der Waals surface area contributed by atoms with Crippen molar-refractivity contribution in [2.75, 3.05) is 13.2 Å². The SMILES string of the molecule is CCCCCCCCCC(CC)(OCC(C)C)OCC(C)C. The average molecular weight is 315 g/mol. The van der Waals surface area contributed by atoms with Crippen molar-refractivity contribution in [2.45, 2.75) is 105 Å². The molecule has 0 radical (unpaired) electrons. The van der Waals surface area contributed by atoms with E-state index in [2.05, 4.69) is 41.5 Å². The van der Waals surface area contributed by atoms with E-state index >= 15 is 0 Å². The van der Waals surface area contributed by atoms with Crippen molar-refractivity contribution in [1.82, 2.24) is 0 Å². The van der Waals surface area contributed by atoms with E-state index in [9.17, 15) is 0 Å². The van der Waals surface area contributed by atoms with Crippen LogP contribution in [-0.4, -0.2) is 19.0 Å². The molecule has 0 rings (SSSR count). The Morgan fingerprint density at radius 2 is 1.14 bits per heavy atom. The van der Waals surface area contributed by atoms with Crippen LogP contribution < -0.4 is 0 Å². The molecule has 0 saturated carbocycles. The lowest BCUT2D eigenvalue weighted by atomic mass is 10.0. The van der Waals surface area contributed by atoms with Crippen LogP contribution in [0.5, 0.6) is 0 Å². The summed E-state index contributed by atoms with van der Waals surface area (Å²) in [4.78, 5) is 0. The van der Waals surface area contributed by atoms with Crippen molar-refractivity contribution in [2.24, 2.45) is 11.8 Å². The third-order valence-corrected chi connectivity index (χ3v) is 4.06. The van der Waals surface area contributed by atoms with Gasteiger partial charge in [-0.3, -0.25) is 0 Å². The van der Waals surface area contributed by atoms with Crippen LogP contribution in [0.2, 0.25) is 0 Å². The van der Waals surface area contributed by atoms with Crippen LogP contribution in [0.3, 0.4) is 0 Å². The third-order valence-electron chi connectivity index (χ3n) is 4.06. The Morgan fingerprint density at radius 1 is 0.682 bits per heavy atom. The van der Waals surface area contributed by atoms with E-state index in [1.807, 2.05) is 0 Å². The van der Waals surface area contributed by atoms with Gasteiger partial charge in [0.15, 0.2) is 5.79 Å². The summed E-state index contributed by atoms with van der Waals surface area (Å²) in [6.07, 6.45) is 11.3. The van der Waals surface area contributed by atoms with Gasteiger partial charge in [-0.1, -0.05) is 80.1 Å². The van der Waals surface area contributed by atoms with Crippen molar-refractivity contribution in [3.05, 3.63) is 0 Å². The number of hydrogen-bond donors (Lipinski definition) is 0. The smallest absolute Gasteiger partial charge is 0.168 e. The highest BCUT2D eigenvalue weighted by molar-refractivity contribution is 4.70. The monoisotopic (exact) mass is 314 g/mol. The second-order valence-electron chi connectivity index (χ2n) is 7.55. The van der Waals surface area contributed by atoms with Gasteiger partial charge < -0.3 is 9.47 Å². The van der Waals surface area contributed by atoms with Gasteiger partial charge in [0.1, 0.15) is 0 Å². The second kappa shape index (κ2) is 13.4. The molecule has 22 heavy (non-hydrogen) atoms. The van der Waals surface area contributed by atoms with Gasteiger partial charge in [0.25, 0.3) is 0 Å². The normalized spacial score (nSPS) is 12.5. The molecule has 0 N–H and O–H groups in total. The Bertz CT molecular complexity index is 224. The van der Waals surface area contributed by atoms with Crippen molar-refractivity contribution >= 4 is 0 Å². The van der Waals surface area contributed by atoms with Gasteiger partial charge >= 0.3 is 0 Å². The first-order valence-corrected chi connectivity index (χ1v) is 9.73. The van der Waals surface area contributed by atoms with E-state index in [1.165, 1.54) is 44.9 Å². The Hall–Kier alpha value is -0.0800. The van der Waals surface area contributed by atoms with Crippen LogP contribution in [-0.2, 0) is 9.47 Å². The molecule has 0 amide bonds. The lowest BCUT2D eigenvalue weighted by molar-refractivity contribution is -0.251. The summed E-state index contributed by atoms with van der Waals surface area (Å²) in [5.41, 5.74) is 0. The molecule has 2 nitrogen and oxygen atoms in total. The lowest BCUT2D eigenvalue weighted by Crippen LogP contribution is -2.37. The molecule has 0 spiro atoms. The molecule has 0 heterocycles. The van der Waals surface area contributed by atoms with Gasteiger partial charge in [-0.2, -0.15) is 0 Å². The molecule has 0 unspecified atom stereocenters. The van der Waals surface area contributed by atoms with Crippen LogP contribution in [0.1, 0.15) is 99.3 Å². The summed E-state index contributed by atoms with van der Waals surface area (Å²) in [5, 5.41) is 0. The summed E-state index contributed by atoms with van der Waals surface area (Å²) < 4.78 is 12.4. The molecule has 0 aromatic heterocycles. The zero-order valence-electron chi connectivity index (χ0n) is 16.2. The van der Waals surface area contributed by atoms with Gasteiger partial charge in [0.2, 0.25) is 0 Å². The molecule has 2 heteroatoms. The first-order chi connectivity index (χ1) is 10.5. The zero-order valence-corrected chi connectivity index (χ0v) is 16.2. The third kappa shape index (κ3) is 11.5. The number of hydrogen-bond acceptors (Lipinski definition) is 2. The van der Waals surface area contributed by atoms with Gasteiger partial charge in [-0.15, -0.1) is 0 Å². The summed E-state index contributed by atoms with van der Waals surface area (Å²) in [6.45, 7) is 14.9. The lowest BCUT2D eigenvalue weighted by Gasteiger charge is -2.34. The summed E-state index contributed by atoms with van der Waals surface area (Å²) in [7, 11) is 0. The van der Waals surface area contributed by atoms with E-state index in [0.717, 1.165) is 26.1 Å². The molecule has 134 valence electrons. The summed E-state index contributed by atoms with van der Waals surface area (Å²) in [6, 6.07) is 0. The molecule has 0 aromatic carbocycles. The van der Waals surface area contributed by atoms with Crippen molar-refractivity contribution < 1.29 is 9.47 Å². The quantitative estimate of drug-likeness (QED) is 0.251. The largest absolute Gasteiger partial charge is 0.350 e. The average Bonchev–Trinajstić information content (AvgIpc) is 2.48. The number of unbranched alkanes of at least 4 members (excludes halogenated alkanes) is 6. The maximum Gasteiger partial charge on any atom is 0.168 e. The molecule has 0 bridgehead atoms. The Morgan fingerprint density at radius 3 is 1.55 bits per heavy atom. The van der Waals surface area contributed by atoms with Crippen LogP contribution in [0, 0.1) is 11.8 Å². The maximum atomic E-state index is 6.21. The van der Waals surface area contributed by atoms with Crippen molar-refractivity contribution in [1.29, 1.82) is 0 Å². The molecule has 0 aliphatic rings. The Kier molecular flexibility index (Phi) is 13.3. The number of rotatable bonds is 15. The van der Waals surface area contributed by atoms with E-state index in [4.69, 9.17) is 9.47 Å². The minimum absolute atomic E-state index is 0.349. The van der Waals surface area contributed by atoms with Crippen LogP contribution in [0.15, 0.2) is 0 Å². The van der Waals surface area contributed by atoms with E-state index in [-0.39, 0.29) is 5.79 Å². The molecule has 0 aliphatic carbocycles. The molecule has 0 saturated heterocycles. The molecular formula is C20H42O2. The van der Waals surface area contributed by atoms with E-state index in [0.29, 0.717) is 11.8 Å². The highest BCUT2D eigenvalue weighted by atomic mass is 16.7. The predicted molar refractivity (Wildman–Crippen MR) is 97.2 cm³/mol. The maximum absolute atomic E-state index is 6.21. The van der Waals surface area contributed by atoms with Gasteiger partial charge in [-0.25, -0.2) is 0 Å². The molecule has 0 fully saturated rings. The zero-order chi connectivity index (χ0) is 16.8. The van der Waals surface area contributed by atoms with Gasteiger partial charge in [0, 0.05) is 6.42 Å². The second-order valence-corrected chi connectivity index (χ2v) is 7.55. The molecular weight excluding hydrogens is 272 g/mol. The van der Waals surface area contributed by atoms with E-state index < -0.39 is 0 Å². The Labute approximate surface area is 140 Å². The number of ether oxygens (including phenoxy) is 2. The minimum Gasteiger partial charge on any atom is -0.350 e. The fraction of sp³-hybridized carbons (Fsp3) is 1.00. The minimum atomic E-state index is -0.349. The van der Waals surface area contributed by atoms with Gasteiger partial charge in [-0.05, 0) is 24.7 Å². The first-order valence-electron chi connectivity index (χ1n) is 9.73. The highest BCUT2D eigenvalue weighted by Crippen LogP contribution is 2.27. The molecule has 0 aromatic rings. The van der Waals surface area contributed by atoms with Crippen LogP contribution in [0.4, 0.5) is 0 Å². The first kappa shape index (κ1) is 21.9. The fourth-order valence-electron chi connectivity index (χ4n) is 2.56. The summed E-state index contributed by atoms with van der Waals surface area (Å²) in [5.74, 6) is 0.767. The fourth-order valence-corrected chi connectivity index (χ4v) is 2.56. The molecule has 0 atom stereocenters. The summed E-state index contributed by atoms with van der Waals surface area (Å²) >= 11 is 0. The van der Waals surface area contributed by atoms with Crippen LogP contribution in [0.25, 0.3) is 0 Å². The van der Waals surface area contributed by atoms with Gasteiger partial charge in [0.05, 0.1) is 13.2 Å².